The fourth-order valence-corrected chi connectivity index (χ4v) is 0.966. The molecule has 0 saturated heterocycles. The molecule has 0 spiro atoms. The zero-order valence-corrected chi connectivity index (χ0v) is 9.28. The van der Waals surface area contributed by atoms with Crippen LogP contribution in [0.1, 0.15) is 34.6 Å². The number of aliphatic hydroxyl groups is 1. The van der Waals surface area contributed by atoms with Crippen LogP contribution in [0.5, 0.6) is 0 Å². The van der Waals surface area contributed by atoms with Crippen molar-refractivity contribution in [2.75, 3.05) is 6.61 Å². The van der Waals surface area contributed by atoms with E-state index >= 15 is 0 Å². The quantitative estimate of drug-likeness (QED) is 0.691. The van der Waals surface area contributed by atoms with Crippen LogP contribution in [0.2, 0.25) is 0 Å². The number of hydrogen-bond donors (Lipinski definition) is 1. The van der Waals surface area contributed by atoms with Gasteiger partial charge in [-0.1, -0.05) is 0 Å². The molecular formula is C10H22O3. The van der Waals surface area contributed by atoms with Gasteiger partial charge in [0, 0.05) is 0 Å². The minimum absolute atomic E-state index is 0.0250. The third kappa shape index (κ3) is 6.99. The topological polar surface area (TPSA) is 38.7 Å². The van der Waals surface area contributed by atoms with Crippen LogP contribution in [0.3, 0.4) is 0 Å². The lowest BCUT2D eigenvalue weighted by Crippen LogP contribution is -2.30. The van der Waals surface area contributed by atoms with Gasteiger partial charge in [-0.25, -0.2) is 0 Å². The van der Waals surface area contributed by atoms with E-state index in [-0.39, 0.29) is 18.3 Å². The summed E-state index contributed by atoms with van der Waals surface area (Å²) in [5.41, 5.74) is 0. The molecule has 0 amide bonds. The molecule has 3 unspecified atom stereocenters. The van der Waals surface area contributed by atoms with Crippen molar-refractivity contribution in [1.82, 2.24) is 0 Å². The molecule has 0 radical (unpaired) electrons. The second kappa shape index (κ2) is 6.35. The molecule has 0 aromatic rings. The zero-order valence-electron chi connectivity index (χ0n) is 9.28. The Morgan fingerprint density at radius 3 is 1.92 bits per heavy atom. The molecule has 0 aromatic carbocycles. The third-order valence-electron chi connectivity index (χ3n) is 1.75. The van der Waals surface area contributed by atoms with Gasteiger partial charge in [0.25, 0.3) is 0 Å². The van der Waals surface area contributed by atoms with Crippen molar-refractivity contribution in [1.29, 1.82) is 0 Å². The van der Waals surface area contributed by atoms with Gasteiger partial charge in [0.1, 0.15) is 0 Å². The van der Waals surface area contributed by atoms with E-state index in [1.807, 2.05) is 27.7 Å². The first kappa shape index (κ1) is 12.9. The summed E-state index contributed by atoms with van der Waals surface area (Å²) in [6.07, 6.45) is -0.1000. The molecule has 0 aromatic heterocycles. The van der Waals surface area contributed by atoms with Gasteiger partial charge in [0.05, 0.1) is 31.0 Å². The molecule has 0 saturated carbocycles. The fourth-order valence-electron chi connectivity index (χ4n) is 0.966. The lowest BCUT2D eigenvalue weighted by molar-refractivity contribution is -0.0911. The standard InChI is InChI=1S/C10H22O3/c1-7(2)13-10(5)9(4)12-6-8(3)11/h7-11H,6H2,1-5H3. The Morgan fingerprint density at radius 2 is 1.54 bits per heavy atom. The Balaban J connectivity index is 3.62. The average Bonchev–Trinajstić information content (AvgIpc) is 1.98. The SMILES string of the molecule is CC(O)COC(C)C(C)OC(C)C. The zero-order chi connectivity index (χ0) is 10.4. The maximum absolute atomic E-state index is 9.00. The Labute approximate surface area is 81.0 Å². The van der Waals surface area contributed by atoms with Gasteiger partial charge < -0.3 is 14.6 Å². The van der Waals surface area contributed by atoms with Crippen LogP contribution in [0.4, 0.5) is 0 Å². The van der Waals surface area contributed by atoms with Crippen LogP contribution in [-0.2, 0) is 9.47 Å². The number of aliphatic hydroxyl groups excluding tert-OH is 1. The normalized spacial score (nSPS) is 18.7. The molecule has 80 valence electrons. The van der Waals surface area contributed by atoms with Crippen molar-refractivity contribution >= 4 is 0 Å². The summed E-state index contributed by atoms with van der Waals surface area (Å²) in [5, 5.41) is 9.00. The van der Waals surface area contributed by atoms with E-state index in [1.54, 1.807) is 6.92 Å². The van der Waals surface area contributed by atoms with E-state index in [0.29, 0.717) is 6.61 Å². The highest BCUT2D eigenvalue weighted by atomic mass is 16.5. The smallest absolute Gasteiger partial charge is 0.0809 e. The first-order valence-corrected chi connectivity index (χ1v) is 4.88. The molecule has 3 heteroatoms. The van der Waals surface area contributed by atoms with Gasteiger partial charge in [-0.2, -0.15) is 0 Å². The molecule has 0 aliphatic heterocycles. The predicted octanol–water partition coefficient (Wildman–Crippen LogP) is 1.59. The van der Waals surface area contributed by atoms with Crippen LogP contribution in [0.25, 0.3) is 0 Å². The van der Waals surface area contributed by atoms with Crippen molar-refractivity contribution in [3.8, 4) is 0 Å². The van der Waals surface area contributed by atoms with Crippen molar-refractivity contribution in [3.63, 3.8) is 0 Å². The van der Waals surface area contributed by atoms with Gasteiger partial charge in [-0.05, 0) is 34.6 Å². The molecule has 0 rings (SSSR count). The van der Waals surface area contributed by atoms with E-state index in [4.69, 9.17) is 14.6 Å². The summed E-state index contributed by atoms with van der Waals surface area (Å²) in [6, 6.07) is 0. The molecule has 0 bridgehead atoms. The van der Waals surface area contributed by atoms with Crippen LogP contribution in [-0.4, -0.2) is 36.1 Å². The highest BCUT2D eigenvalue weighted by Crippen LogP contribution is 2.06. The summed E-state index contributed by atoms with van der Waals surface area (Å²) in [4.78, 5) is 0. The van der Waals surface area contributed by atoms with Crippen molar-refractivity contribution in [2.24, 2.45) is 0 Å². The number of ether oxygens (including phenoxy) is 2. The Kier molecular flexibility index (Phi) is 6.29. The van der Waals surface area contributed by atoms with Crippen molar-refractivity contribution in [2.45, 2.75) is 59.0 Å². The van der Waals surface area contributed by atoms with Gasteiger partial charge in [0.2, 0.25) is 0 Å². The molecule has 3 atom stereocenters. The molecule has 3 nitrogen and oxygen atoms in total. The largest absolute Gasteiger partial charge is 0.391 e. The van der Waals surface area contributed by atoms with Gasteiger partial charge in [0.15, 0.2) is 0 Å². The first-order valence-electron chi connectivity index (χ1n) is 4.88. The van der Waals surface area contributed by atoms with Gasteiger partial charge >= 0.3 is 0 Å². The van der Waals surface area contributed by atoms with Gasteiger partial charge in [-0.3, -0.25) is 0 Å². The maximum atomic E-state index is 9.00. The monoisotopic (exact) mass is 190 g/mol. The van der Waals surface area contributed by atoms with Crippen molar-refractivity contribution < 1.29 is 14.6 Å². The second-order valence-corrected chi connectivity index (χ2v) is 3.78. The molecule has 13 heavy (non-hydrogen) atoms. The van der Waals surface area contributed by atoms with E-state index in [0.717, 1.165) is 0 Å². The predicted molar refractivity (Wildman–Crippen MR) is 52.8 cm³/mol. The Hall–Kier alpha value is -0.120. The molecular weight excluding hydrogens is 168 g/mol. The molecule has 0 fully saturated rings. The van der Waals surface area contributed by atoms with Crippen LogP contribution >= 0.6 is 0 Å². The van der Waals surface area contributed by atoms with Crippen molar-refractivity contribution in [3.05, 3.63) is 0 Å². The summed E-state index contributed by atoms with van der Waals surface area (Å²) < 4.78 is 10.9. The first-order chi connectivity index (χ1) is 5.93. The molecule has 0 aliphatic carbocycles. The van der Waals surface area contributed by atoms with E-state index in [1.165, 1.54) is 0 Å². The highest BCUT2D eigenvalue weighted by Gasteiger charge is 2.14. The average molecular weight is 190 g/mol. The fraction of sp³-hybridized carbons (Fsp3) is 1.00. The minimum atomic E-state index is -0.409. The lowest BCUT2D eigenvalue weighted by Gasteiger charge is -2.23. The van der Waals surface area contributed by atoms with E-state index in [9.17, 15) is 0 Å². The van der Waals surface area contributed by atoms with E-state index < -0.39 is 6.10 Å². The summed E-state index contributed by atoms with van der Waals surface area (Å²) in [6.45, 7) is 10.0. The summed E-state index contributed by atoms with van der Waals surface area (Å²) in [5.74, 6) is 0. The van der Waals surface area contributed by atoms with Gasteiger partial charge in [-0.15, -0.1) is 0 Å². The van der Waals surface area contributed by atoms with Crippen LogP contribution in [0.15, 0.2) is 0 Å². The number of hydrogen-bond acceptors (Lipinski definition) is 3. The summed E-state index contributed by atoms with van der Waals surface area (Å²) >= 11 is 0. The molecule has 0 aliphatic rings. The lowest BCUT2D eigenvalue weighted by atomic mass is 10.2. The molecule has 1 N–H and O–H groups in total. The Bertz CT molecular complexity index is 123. The van der Waals surface area contributed by atoms with Crippen LogP contribution < -0.4 is 0 Å². The maximum Gasteiger partial charge on any atom is 0.0809 e. The Morgan fingerprint density at radius 1 is 1.00 bits per heavy atom. The minimum Gasteiger partial charge on any atom is -0.391 e. The number of rotatable bonds is 6. The van der Waals surface area contributed by atoms with Crippen LogP contribution in [0, 0.1) is 0 Å². The third-order valence-corrected chi connectivity index (χ3v) is 1.75. The molecule has 0 heterocycles. The summed E-state index contributed by atoms with van der Waals surface area (Å²) in [7, 11) is 0. The highest BCUT2D eigenvalue weighted by molar-refractivity contribution is 4.62. The van der Waals surface area contributed by atoms with E-state index in [2.05, 4.69) is 0 Å². The second-order valence-electron chi connectivity index (χ2n) is 3.78.